The van der Waals surface area contributed by atoms with Gasteiger partial charge in [0.25, 0.3) is 0 Å². The molecule has 5 nitrogen and oxygen atoms in total. The minimum absolute atomic E-state index is 0.144. The molecule has 1 unspecified atom stereocenters. The first-order valence-electron chi connectivity index (χ1n) is 5.60. The lowest BCUT2D eigenvalue weighted by molar-refractivity contribution is -0.149. The fraction of sp³-hybridized carbons (Fsp3) is 0.818. The molecule has 0 aromatic carbocycles. The number of carboxylic acid groups (broad SMARTS) is 1. The second-order valence-electron chi connectivity index (χ2n) is 3.57. The van der Waals surface area contributed by atoms with Crippen LogP contribution in [0.1, 0.15) is 33.1 Å². The molecule has 1 amide bonds. The van der Waals surface area contributed by atoms with Gasteiger partial charge in [-0.2, -0.15) is 0 Å². The predicted molar refractivity (Wildman–Crippen MR) is 60.2 cm³/mol. The summed E-state index contributed by atoms with van der Waals surface area (Å²) in [6.07, 6.45) is 1.39. The molecule has 0 aliphatic heterocycles. The molecule has 0 fully saturated rings. The summed E-state index contributed by atoms with van der Waals surface area (Å²) < 4.78 is 5.11. The Morgan fingerprint density at radius 3 is 2.44 bits per heavy atom. The van der Waals surface area contributed by atoms with Crippen LogP contribution < -0.4 is 0 Å². The van der Waals surface area contributed by atoms with Crippen molar-refractivity contribution in [1.29, 1.82) is 0 Å². The van der Waals surface area contributed by atoms with Gasteiger partial charge in [0.2, 0.25) is 5.91 Å². The maximum atomic E-state index is 11.6. The predicted octanol–water partition coefficient (Wildman–Crippen LogP) is 1.12. The smallest absolute Gasteiger partial charge is 0.326 e. The van der Waals surface area contributed by atoms with Gasteiger partial charge in [0, 0.05) is 26.7 Å². The number of aliphatic carboxylic acids is 1. The molecule has 0 rings (SSSR count). The highest BCUT2D eigenvalue weighted by Gasteiger charge is 2.23. The molecule has 16 heavy (non-hydrogen) atoms. The Hall–Kier alpha value is -1.10. The van der Waals surface area contributed by atoms with E-state index in [1.54, 1.807) is 6.92 Å². The molecule has 0 spiro atoms. The van der Waals surface area contributed by atoms with Crippen molar-refractivity contribution in [3.05, 3.63) is 0 Å². The van der Waals surface area contributed by atoms with Gasteiger partial charge in [-0.25, -0.2) is 4.79 Å². The summed E-state index contributed by atoms with van der Waals surface area (Å²) >= 11 is 0. The maximum Gasteiger partial charge on any atom is 0.326 e. The lowest BCUT2D eigenvalue weighted by atomic mass is 10.2. The van der Waals surface area contributed by atoms with Crippen LogP contribution in [-0.2, 0) is 14.3 Å². The second-order valence-corrected chi connectivity index (χ2v) is 3.57. The summed E-state index contributed by atoms with van der Waals surface area (Å²) in [6.45, 7) is 4.82. The molecule has 94 valence electrons. The largest absolute Gasteiger partial charge is 0.480 e. The molecule has 0 aliphatic rings. The Balaban J connectivity index is 4.01. The SMILES string of the molecule is CCOCCCC(=O)N(C)C(CC)C(=O)O. The quantitative estimate of drug-likeness (QED) is 0.636. The van der Waals surface area contributed by atoms with E-state index in [4.69, 9.17) is 9.84 Å². The third-order valence-electron chi connectivity index (χ3n) is 2.42. The average molecular weight is 231 g/mol. The highest BCUT2D eigenvalue weighted by atomic mass is 16.5. The fourth-order valence-electron chi connectivity index (χ4n) is 1.43. The number of ether oxygens (including phenoxy) is 1. The summed E-state index contributed by atoms with van der Waals surface area (Å²) in [4.78, 5) is 23.8. The number of hydrogen-bond acceptors (Lipinski definition) is 3. The molecule has 1 N–H and O–H groups in total. The first-order valence-corrected chi connectivity index (χ1v) is 5.60. The van der Waals surface area contributed by atoms with Gasteiger partial charge in [0.15, 0.2) is 0 Å². The van der Waals surface area contributed by atoms with Gasteiger partial charge < -0.3 is 14.7 Å². The zero-order chi connectivity index (χ0) is 12.6. The lowest BCUT2D eigenvalue weighted by Crippen LogP contribution is -2.41. The highest BCUT2D eigenvalue weighted by molar-refractivity contribution is 5.83. The Bertz CT molecular complexity index is 230. The van der Waals surface area contributed by atoms with E-state index in [-0.39, 0.29) is 5.91 Å². The van der Waals surface area contributed by atoms with Crippen LogP contribution in [0.15, 0.2) is 0 Å². The molecule has 0 heterocycles. The maximum absolute atomic E-state index is 11.6. The number of nitrogens with zero attached hydrogens (tertiary/aromatic N) is 1. The van der Waals surface area contributed by atoms with Gasteiger partial charge in [0.1, 0.15) is 6.04 Å². The zero-order valence-corrected chi connectivity index (χ0v) is 10.2. The van der Waals surface area contributed by atoms with Crippen molar-refractivity contribution < 1.29 is 19.4 Å². The minimum Gasteiger partial charge on any atom is -0.480 e. The number of rotatable bonds is 8. The Morgan fingerprint density at radius 1 is 1.38 bits per heavy atom. The van der Waals surface area contributed by atoms with Crippen LogP contribution >= 0.6 is 0 Å². The van der Waals surface area contributed by atoms with Gasteiger partial charge in [-0.1, -0.05) is 6.92 Å². The lowest BCUT2D eigenvalue weighted by Gasteiger charge is -2.23. The molecule has 0 saturated heterocycles. The van der Waals surface area contributed by atoms with Crippen LogP contribution in [0.3, 0.4) is 0 Å². The van der Waals surface area contributed by atoms with E-state index in [0.717, 1.165) is 0 Å². The molecule has 0 saturated carbocycles. The first-order chi connectivity index (χ1) is 7.54. The van der Waals surface area contributed by atoms with Crippen molar-refractivity contribution in [3.63, 3.8) is 0 Å². The summed E-state index contributed by atoms with van der Waals surface area (Å²) in [5.41, 5.74) is 0. The number of carbonyl (C=O) groups is 2. The Kier molecular flexibility index (Phi) is 7.54. The molecule has 5 heteroatoms. The molecule has 0 aliphatic carbocycles. The summed E-state index contributed by atoms with van der Waals surface area (Å²) in [7, 11) is 1.53. The van der Waals surface area contributed by atoms with Crippen LogP contribution in [0, 0.1) is 0 Å². The van der Waals surface area contributed by atoms with Crippen LogP contribution in [0.25, 0.3) is 0 Å². The van der Waals surface area contributed by atoms with Crippen molar-refractivity contribution in [3.8, 4) is 0 Å². The minimum atomic E-state index is -0.955. The summed E-state index contributed by atoms with van der Waals surface area (Å²) in [6, 6.07) is -0.723. The standard InChI is InChI=1S/C11H21NO4/c1-4-9(11(14)15)12(3)10(13)7-6-8-16-5-2/h9H,4-8H2,1-3H3,(H,14,15). The Labute approximate surface area is 96.4 Å². The Morgan fingerprint density at radius 2 is 2.00 bits per heavy atom. The molecule has 0 aromatic rings. The normalized spacial score (nSPS) is 12.2. The first kappa shape index (κ1) is 14.9. The van der Waals surface area contributed by atoms with Crippen molar-refractivity contribution >= 4 is 11.9 Å². The zero-order valence-electron chi connectivity index (χ0n) is 10.2. The van der Waals surface area contributed by atoms with Crippen LogP contribution in [0.2, 0.25) is 0 Å². The number of amides is 1. The summed E-state index contributed by atoms with van der Waals surface area (Å²) in [5.74, 6) is -1.10. The van der Waals surface area contributed by atoms with E-state index < -0.39 is 12.0 Å². The highest BCUT2D eigenvalue weighted by Crippen LogP contribution is 2.05. The molecular formula is C11H21NO4. The van der Waals surface area contributed by atoms with Gasteiger partial charge in [-0.15, -0.1) is 0 Å². The molecular weight excluding hydrogens is 210 g/mol. The molecule has 1 atom stereocenters. The summed E-state index contributed by atoms with van der Waals surface area (Å²) in [5, 5.41) is 8.88. The molecule has 0 aromatic heterocycles. The number of carboxylic acids is 1. The monoisotopic (exact) mass is 231 g/mol. The van der Waals surface area contributed by atoms with Crippen molar-refractivity contribution in [1.82, 2.24) is 4.90 Å². The van der Waals surface area contributed by atoms with E-state index in [1.165, 1.54) is 11.9 Å². The van der Waals surface area contributed by atoms with Crippen LogP contribution in [-0.4, -0.2) is 48.2 Å². The van der Waals surface area contributed by atoms with Gasteiger partial charge in [-0.3, -0.25) is 4.79 Å². The van der Waals surface area contributed by atoms with E-state index >= 15 is 0 Å². The van der Waals surface area contributed by atoms with E-state index in [0.29, 0.717) is 32.5 Å². The second kappa shape index (κ2) is 8.10. The third-order valence-corrected chi connectivity index (χ3v) is 2.42. The fourth-order valence-corrected chi connectivity index (χ4v) is 1.43. The van der Waals surface area contributed by atoms with Crippen molar-refractivity contribution in [2.24, 2.45) is 0 Å². The average Bonchev–Trinajstić information content (AvgIpc) is 2.24. The molecule has 0 bridgehead atoms. The van der Waals surface area contributed by atoms with Gasteiger partial charge in [-0.05, 0) is 19.8 Å². The van der Waals surface area contributed by atoms with E-state index in [1.807, 2.05) is 6.92 Å². The van der Waals surface area contributed by atoms with Crippen molar-refractivity contribution in [2.75, 3.05) is 20.3 Å². The van der Waals surface area contributed by atoms with Crippen LogP contribution in [0.4, 0.5) is 0 Å². The number of carbonyl (C=O) groups excluding carboxylic acids is 1. The van der Waals surface area contributed by atoms with E-state index in [2.05, 4.69) is 0 Å². The van der Waals surface area contributed by atoms with Crippen molar-refractivity contribution in [2.45, 2.75) is 39.2 Å². The van der Waals surface area contributed by atoms with Gasteiger partial charge >= 0.3 is 5.97 Å². The van der Waals surface area contributed by atoms with E-state index in [9.17, 15) is 9.59 Å². The number of likely N-dealkylation sites (N-methyl/N-ethyl adjacent to an activating group) is 1. The van der Waals surface area contributed by atoms with Crippen LogP contribution in [0.5, 0.6) is 0 Å². The molecule has 0 radical (unpaired) electrons. The van der Waals surface area contributed by atoms with Gasteiger partial charge in [0.05, 0.1) is 0 Å². The third kappa shape index (κ3) is 5.11. The number of hydrogen-bond donors (Lipinski definition) is 1. The topological polar surface area (TPSA) is 66.8 Å².